The number of allylic oxidation sites excluding steroid dienone is 1. The Bertz CT molecular complexity index is 1380. The van der Waals surface area contributed by atoms with Crippen molar-refractivity contribution in [3.63, 3.8) is 0 Å². The van der Waals surface area contributed by atoms with E-state index >= 15 is 0 Å². The number of carbonyl (C=O) groups is 1. The molecule has 2 N–H and O–H groups in total. The molecular formula is C28H24N4O2S. The molecule has 0 radical (unpaired) electrons. The summed E-state index contributed by atoms with van der Waals surface area (Å²) in [7, 11) is 0. The van der Waals surface area contributed by atoms with Crippen LogP contribution in [-0.2, 0) is 6.61 Å². The van der Waals surface area contributed by atoms with Gasteiger partial charge < -0.3 is 15.4 Å². The first-order valence-corrected chi connectivity index (χ1v) is 12.1. The van der Waals surface area contributed by atoms with E-state index in [0.29, 0.717) is 6.61 Å². The number of carbonyl (C=O) groups excluding carboxylic acids is 1. The van der Waals surface area contributed by atoms with E-state index in [1.54, 1.807) is 11.3 Å². The van der Waals surface area contributed by atoms with Gasteiger partial charge in [0.05, 0.1) is 17.4 Å². The molecule has 174 valence electrons. The molecule has 0 spiro atoms. The summed E-state index contributed by atoms with van der Waals surface area (Å²) >= 11 is 1.55. The Kier molecular flexibility index (Phi) is 6.41. The first-order chi connectivity index (χ1) is 17.1. The van der Waals surface area contributed by atoms with Gasteiger partial charge in [0.15, 0.2) is 0 Å². The highest BCUT2D eigenvalue weighted by Crippen LogP contribution is 2.38. The molecule has 6 nitrogen and oxygen atoms in total. The average molecular weight is 481 g/mol. The van der Waals surface area contributed by atoms with Crippen molar-refractivity contribution in [3.8, 4) is 17.0 Å². The summed E-state index contributed by atoms with van der Waals surface area (Å²) in [4.78, 5) is 21.2. The van der Waals surface area contributed by atoms with Crippen LogP contribution in [0, 0.1) is 0 Å². The normalized spacial score (nSPS) is 15.3. The third-order valence-corrected chi connectivity index (χ3v) is 6.69. The number of thiazole rings is 1. The molecule has 0 bridgehead atoms. The molecule has 2 amide bonds. The molecule has 1 unspecified atom stereocenters. The number of nitrogens with zero attached hydrogens (tertiary/aromatic N) is 2. The highest BCUT2D eigenvalue weighted by atomic mass is 32.1. The Morgan fingerprint density at radius 3 is 2.49 bits per heavy atom. The second-order valence-electron chi connectivity index (χ2n) is 8.16. The van der Waals surface area contributed by atoms with Gasteiger partial charge >= 0.3 is 6.03 Å². The number of ether oxygens (including phenoxy) is 1. The predicted molar refractivity (Wildman–Crippen MR) is 141 cm³/mol. The van der Waals surface area contributed by atoms with Gasteiger partial charge in [-0.3, -0.25) is 4.99 Å². The molecule has 1 aromatic heterocycles. The van der Waals surface area contributed by atoms with Crippen LogP contribution < -0.4 is 15.4 Å². The van der Waals surface area contributed by atoms with Crippen LogP contribution in [0.3, 0.4) is 0 Å². The molecule has 0 aliphatic carbocycles. The molecule has 2 heterocycles. The van der Waals surface area contributed by atoms with Crippen molar-refractivity contribution >= 4 is 35.3 Å². The van der Waals surface area contributed by atoms with Crippen LogP contribution in [0.25, 0.3) is 16.8 Å². The van der Waals surface area contributed by atoms with E-state index in [0.717, 1.165) is 50.1 Å². The first-order valence-electron chi connectivity index (χ1n) is 11.2. The Hall–Kier alpha value is -4.23. The summed E-state index contributed by atoms with van der Waals surface area (Å²) in [6, 6.07) is 25.1. The SMILES string of the molecule is C=Nc1ccc(-c2csc(C3=C(C)NC(=O)NC3c3ccc(OCc4ccccc4)cc3)n2)cc1. The van der Waals surface area contributed by atoms with E-state index < -0.39 is 0 Å². The zero-order chi connectivity index (χ0) is 24.2. The second-order valence-corrected chi connectivity index (χ2v) is 9.01. The molecular weight excluding hydrogens is 456 g/mol. The highest BCUT2D eigenvalue weighted by molar-refractivity contribution is 7.11. The van der Waals surface area contributed by atoms with E-state index in [1.807, 2.05) is 91.2 Å². The maximum absolute atomic E-state index is 12.3. The molecule has 1 atom stereocenters. The molecule has 3 aromatic carbocycles. The number of nitrogens with one attached hydrogen (secondary N) is 2. The Morgan fingerprint density at radius 1 is 1.03 bits per heavy atom. The smallest absolute Gasteiger partial charge is 0.319 e. The number of benzene rings is 3. The fourth-order valence-electron chi connectivity index (χ4n) is 3.99. The van der Waals surface area contributed by atoms with Gasteiger partial charge in [0.25, 0.3) is 0 Å². The number of rotatable bonds is 7. The summed E-state index contributed by atoms with van der Waals surface area (Å²) in [5.41, 5.74) is 6.50. The Labute approximate surface area is 208 Å². The monoisotopic (exact) mass is 480 g/mol. The maximum Gasteiger partial charge on any atom is 0.319 e. The predicted octanol–water partition coefficient (Wildman–Crippen LogP) is 6.51. The molecule has 1 aliphatic rings. The van der Waals surface area contributed by atoms with E-state index in [-0.39, 0.29) is 12.1 Å². The van der Waals surface area contributed by atoms with E-state index in [1.165, 1.54) is 0 Å². The van der Waals surface area contributed by atoms with Crippen LogP contribution in [0.1, 0.15) is 29.1 Å². The van der Waals surface area contributed by atoms with Crippen molar-refractivity contribution in [1.82, 2.24) is 15.6 Å². The standard InChI is InChI=1S/C28H24N4O2S/c1-18-25(27-31-24(17-35-27)20-8-12-22(29-2)13-9-20)26(32-28(33)30-18)21-10-14-23(15-11-21)34-16-19-6-4-3-5-7-19/h3-15,17,26H,2,16H2,1H3,(H2,30,32,33). The lowest BCUT2D eigenvalue weighted by Crippen LogP contribution is -2.42. The zero-order valence-corrected chi connectivity index (χ0v) is 20.0. The summed E-state index contributed by atoms with van der Waals surface area (Å²) in [6.45, 7) is 5.97. The van der Waals surface area contributed by atoms with Crippen molar-refractivity contribution in [1.29, 1.82) is 0 Å². The van der Waals surface area contributed by atoms with Gasteiger partial charge in [0.1, 0.15) is 17.4 Å². The lowest BCUT2D eigenvalue weighted by molar-refractivity contribution is 0.240. The summed E-state index contributed by atoms with van der Waals surface area (Å²) in [6.07, 6.45) is 0. The van der Waals surface area contributed by atoms with E-state index in [2.05, 4.69) is 22.3 Å². The Balaban J connectivity index is 1.39. The lowest BCUT2D eigenvalue weighted by atomic mass is 9.96. The van der Waals surface area contributed by atoms with Crippen molar-refractivity contribution < 1.29 is 9.53 Å². The van der Waals surface area contributed by atoms with Gasteiger partial charge in [0, 0.05) is 22.2 Å². The zero-order valence-electron chi connectivity index (χ0n) is 19.2. The molecule has 4 aromatic rings. The van der Waals surface area contributed by atoms with Crippen LogP contribution in [0.4, 0.5) is 10.5 Å². The third-order valence-electron chi connectivity index (χ3n) is 5.81. The van der Waals surface area contributed by atoms with Gasteiger partial charge in [-0.05, 0) is 49.0 Å². The van der Waals surface area contributed by atoms with Crippen molar-refractivity contribution in [2.24, 2.45) is 4.99 Å². The quantitative estimate of drug-likeness (QED) is 0.296. The summed E-state index contributed by atoms with van der Waals surface area (Å²) < 4.78 is 5.92. The first kappa shape index (κ1) is 22.6. The minimum Gasteiger partial charge on any atom is -0.489 e. The van der Waals surface area contributed by atoms with Gasteiger partial charge in [0.2, 0.25) is 0 Å². The van der Waals surface area contributed by atoms with Crippen LogP contribution in [0.2, 0.25) is 0 Å². The van der Waals surface area contributed by atoms with E-state index in [9.17, 15) is 4.79 Å². The van der Waals surface area contributed by atoms with Crippen LogP contribution in [0.5, 0.6) is 5.75 Å². The van der Waals surface area contributed by atoms with E-state index in [4.69, 9.17) is 9.72 Å². The van der Waals surface area contributed by atoms with Gasteiger partial charge in [-0.15, -0.1) is 11.3 Å². The molecule has 1 aliphatic heterocycles. The van der Waals surface area contributed by atoms with Gasteiger partial charge in [-0.25, -0.2) is 9.78 Å². The van der Waals surface area contributed by atoms with Gasteiger partial charge in [-0.2, -0.15) is 0 Å². The highest BCUT2D eigenvalue weighted by Gasteiger charge is 2.29. The molecule has 0 fully saturated rings. The van der Waals surface area contributed by atoms with Gasteiger partial charge in [-0.1, -0.05) is 54.6 Å². The topological polar surface area (TPSA) is 75.6 Å². The van der Waals surface area contributed by atoms with Crippen LogP contribution in [0.15, 0.2) is 94.9 Å². The molecule has 0 saturated carbocycles. The molecule has 7 heteroatoms. The lowest BCUT2D eigenvalue weighted by Gasteiger charge is -2.28. The third kappa shape index (κ3) is 5.00. The number of aromatic nitrogens is 1. The minimum atomic E-state index is -0.321. The van der Waals surface area contributed by atoms with Crippen molar-refractivity contribution in [2.75, 3.05) is 0 Å². The number of hydrogen-bond acceptors (Lipinski definition) is 5. The number of hydrogen-bond donors (Lipinski definition) is 2. The maximum atomic E-state index is 12.3. The van der Waals surface area contributed by atoms with Crippen molar-refractivity contribution in [3.05, 3.63) is 106 Å². The summed E-state index contributed by atoms with van der Waals surface area (Å²) in [5, 5.41) is 8.83. The van der Waals surface area contributed by atoms with Crippen molar-refractivity contribution in [2.45, 2.75) is 19.6 Å². The fourth-order valence-corrected chi connectivity index (χ4v) is 4.95. The largest absolute Gasteiger partial charge is 0.489 e. The average Bonchev–Trinajstić information content (AvgIpc) is 3.38. The molecule has 5 rings (SSSR count). The minimum absolute atomic E-state index is 0.232. The van der Waals surface area contributed by atoms with Crippen LogP contribution >= 0.6 is 11.3 Å². The second kappa shape index (κ2) is 9.95. The Morgan fingerprint density at radius 2 is 1.77 bits per heavy atom. The number of urea groups is 1. The number of amides is 2. The fraction of sp³-hybridized carbons (Fsp3) is 0.107. The number of aliphatic imine (C=N–C) groups is 1. The van der Waals surface area contributed by atoms with Crippen LogP contribution in [-0.4, -0.2) is 17.7 Å². The summed E-state index contributed by atoms with van der Waals surface area (Å²) in [5.74, 6) is 0.772. The molecule has 35 heavy (non-hydrogen) atoms. The molecule has 0 saturated heterocycles.